The molecule has 3 aromatic rings. The lowest BCUT2D eigenvalue weighted by Crippen LogP contribution is -2.19. The third-order valence-electron chi connectivity index (χ3n) is 3.55. The quantitative estimate of drug-likeness (QED) is 0.727. The summed E-state index contributed by atoms with van der Waals surface area (Å²) < 4.78 is 11.6. The van der Waals surface area contributed by atoms with E-state index in [2.05, 4.69) is 15.3 Å². The van der Waals surface area contributed by atoms with Gasteiger partial charge in [-0.25, -0.2) is 9.97 Å². The summed E-state index contributed by atoms with van der Waals surface area (Å²) in [6, 6.07) is 9.60. The van der Waals surface area contributed by atoms with Crippen LogP contribution in [-0.2, 0) is 6.54 Å². The van der Waals surface area contributed by atoms with Gasteiger partial charge in [0.15, 0.2) is 11.3 Å². The van der Waals surface area contributed by atoms with Gasteiger partial charge in [-0.15, -0.1) is 0 Å². The number of hydrogen-bond donors (Lipinski definition) is 2. The maximum absolute atomic E-state index is 5.97. The van der Waals surface area contributed by atoms with E-state index in [9.17, 15) is 0 Å². The number of furan rings is 1. The second-order valence-electron chi connectivity index (χ2n) is 5.26. The van der Waals surface area contributed by atoms with Crippen LogP contribution in [0.5, 0.6) is 5.75 Å². The molecular weight excluding hydrogens is 292 g/mol. The third-order valence-corrected chi connectivity index (χ3v) is 3.55. The van der Waals surface area contributed by atoms with E-state index in [0.29, 0.717) is 24.8 Å². The Balaban J connectivity index is 1.75. The molecule has 0 saturated heterocycles. The van der Waals surface area contributed by atoms with Crippen LogP contribution in [0.2, 0.25) is 0 Å². The highest BCUT2D eigenvalue weighted by atomic mass is 16.5. The largest absolute Gasteiger partial charge is 0.490 e. The molecule has 0 amide bonds. The van der Waals surface area contributed by atoms with E-state index in [4.69, 9.17) is 14.9 Å². The number of fused-ring (bicyclic) bond motifs is 1. The van der Waals surface area contributed by atoms with Crippen LogP contribution in [0.3, 0.4) is 0 Å². The Morgan fingerprint density at radius 1 is 1.35 bits per heavy atom. The average molecular weight is 312 g/mol. The maximum Gasteiger partial charge on any atom is 0.176 e. The van der Waals surface area contributed by atoms with E-state index >= 15 is 0 Å². The molecule has 0 bridgehead atoms. The van der Waals surface area contributed by atoms with Gasteiger partial charge in [0.1, 0.15) is 17.4 Å². The number of nitrogens with one attached hydrogen (secondary N) is 1. The number of nitrogen functional groups attached to an aromatic ring is 1. The fourth-order valence-electron chi connectivity index (χ4n) is 2.38. The molecule has 0 aliphatic heterocycles. The van der Waals surface area contributed by atoms with E-state index in [1.165, 1.54) is 0 Å². The molecule has 6 nitrogen and oxygen atoms in total. The van der Waals surface area contributed by atoms with Crippen LogP contribution in [0, 0.1) is 0 Å². The van der Waals surface area contributed by atoms with Gasteiger partial charge >= 0.3 is 0 Å². The Morgan fingerprint density at radius 2 is 2.22 bits per heavy atom. The Hall–Kier alpha value is -2.60. The van der Waals surface area contributed by atoms with E-state index in [1.54, 1.807) is 12.3 Å². The molecule has 0 aliphatic rings. The number of nitrogens with two attached hydrogens (primary N) is 1. The first kappa shape index (κ1) is 15.3. The monoisotopic (exact) mass is 312 g/mol. The molecule has 0 radical (unpaired) electrons. The van der Waals surface area contributed by atoms with Gasteiger partial charge in [-0.2, -0.15) is 0 Å². The van der Waals surface area contributed by atoms with Crippen LogP contribution >= 0.6 is 0 Å². The van der Waals surface area contributed by atoms with E-state index < -0.39 is 0 Å². The molecule has 0 spiro atoms. The minimum absolute atomic E-state index is 0.0157. The van der Waals surface area contributed by atoms with Crippen LogP contribution in [0.15, 0.2) is 40.9 Å². The van der Waals surface area contributed by atoms with E-state index in [1.807, 2.05) is 38.1 Å². The smallest absolute Gasteiger partial charge is 0.176 e. The SMILES string of the molecule is CCOc1cccc2cc(C(C)NCc3nccc(N)n3)oc12. The Kier molecular flexibility index (Phi) is 4.43. The number of rotatable bonds is 6. The Labute approximate surface area is 134 Å². The molecule has 3 rings (SSSR count). The van der Waals surface area contributed by atoms with Crippen molar-refractivity contribution in [1.29, 1.82) is 0 Å². The number of para-hydroxylation sites is 1. The van der Waals surface area contributed by atoms with Gasteiger partial charge in [0.05, 0.1) is 19.2 Å². The van der Waals surface area contributed by atoms with Crippen molar-refractivity contribution in [2.24, 2.45) is 0 Å². The van der Waals surface area contributed by atoms with Crippen LogP contribution in [0.4, 0.5) is 5.82 Å². The van der Waals surface area contributed by atoms with Gasteiger partial charge in [0, 0.05) is 11.6 Å². The summed E-state index contributed by atoms with van der Waals surface area (Å²) in [4.78, 5) is 8.36. The zero-order valence-corrected chi connectivity index (χ0v) is 13.2. The highest BCUT2D eigenvalue weighted by Gasteiger charge is 2.14. The summed E-state index contributed by atoms with van der Waals surface area (Å²) in [5.74, 6) is 2.73. The summed E-state index contributed by atoms with van der Waals surface area (Å²) in [7, 11) is 0. The lowest BCUT2D eigenvalue weighted by atomic mass is 10.2. The molecule has 3 N–H and O–H groups in total. The number of ether oxygens (including phenoxy) is 1. The first-order valence-electron chi connectivity index (χ1n) is 7.63. The summed E-state index contributed by atoms with van der Waals surface area (Å²) in [5, 5.41) is 4.37. The van der Waals surface area contributed by atoms with Gasteiger partial charge in [-0.1, -0.05) is 12.1 Å². The second-order valence-corrected chi connectivity index (χ2v) is 5.26. The van der Waals surface area contributed by atoms with Crippen molar-refractivity contribution in [1.82, 2.24) is 15.3 Å². The summed E-state index contributed by atoms with van der Waals surface area (Å²) in [5.41, 5.74) is 6.44. The normalized spacial score (nSPS) is 12.4. The fourth-order valence-corrected chi connectivity index (χ4v) is 2.38. The number of hydrogen-bond acceptors (Lipinski definition) is 6. The number of aromatic nitrogens is 2. The Bertz CT molecular complexity index is 800. The first-order chi connectivity index (χ1) is 11.2. The molecule has 2 aromatic heterocycles. The summed E-state index contributed by atoms with van der Waals surface area (Å²) >= 11 is 0. The zero-order chi connectivity index (χ0) is 16.2. The summed E-state index contributed by atoms with van der Waals surface area (Å²) in [6.45, 7) is 5.11. The maximum atomic E-state index is 5.97. The van der Waals surface area contributed by atoms with Crippen molar-refractivity contribution in [3.8, 4) is 5.75 Å². The molecule has 0 saturated carbocycles. The van der Waals surface area contributed by atoms with E-state index in [-0.39, 0.29) is 6.04 Å². The molecule has 2 heterocycles. The topological polar surface area (TPSA) is 86.2 Å². The fraction of sp³-hybridized carbons (Fsp3) is 0.294. The predicted octanol–water partition coefficient (Wildman–Crippen LogP) is 3.05. The number of anilines is 1. The number of nitrogens with zero attached hydrogens (tertiary/aromatic N) is 2. The van der Waals surface area contributed by atoms with Crippen molar-refractivity contribution in [2.75, 3.05) is 12.3 Å². The highest BCUT2D eigenvalue weighted by Crippen LogP contribution is 2.31. The molecule has 6 heteroatoms. The van der Waals surface area contributed by atoms with Gasteiger partial charge in [0.2, 0.25) is 0 Å². The van der Waals surface area contributed by atoms with Crippen molar-refractivity contribution < 1.29 is 9.15 Å². The standard InChI is InChI=1S/C17H20N4O2/c1-3-22-13-6-4-5-12-9-14(23-17(12)13)11(2)20-10-16-19-8-7-15(18)21-16/h4-9,11,20H,3,10H2,1-2H3,(H2,18,19,21). The Morgan fingerprint density at radius 3 is 3.00 bits per heavy atom. The van der Waals surface area contributed by atoms with Crippen molar-refractivity contribution >= 4 is 16.8 Å². The van der Waals surface area contributed by atoms with Crippen LogP contribution in [-0.4, -0.2) is 16.6 Å². The van der Waals surface area contributed by atoms with Crippen molar-refractivity contribution in [3.05, 3.63) is 48.1 Å². The minimum Gasteiger partial charge on any atom is -0.490 e. The molecule has 1 atom stereocenters. The minimum atomic E-state index is 0.0157. The van der Waals surface area contributed by atoms with Gasteiger partial charge in [0.25, 0.3) is 0 Å². The van der Waals surface area contributed by atoms with Gasteiger partial charge in [-0.3, -0.25) is 0 Å². The molecule has 120 valence electrons. The van der Waals surface area contributed by atoms with Crippen molar-refractivity contribution in [3.63, 3.8) is 0 Å². The predicted molar refractivity (Wildman–Crippen MR) is 89.1 cm³/mol. The van der Waals surface area contributed by atoms with Gasteiger partial charge < -0.3 is 20.2 Å². The van der Waals surface area contributed by atoms with Gasteiger partial charge in [-0.05, 0) is 32.0 Å². The van der Waals surface area contributed by atoms with Crippen LogP contribution in [0.25, 0.3) is 11.0 Å². The number of benzene rings is 1. The molecule has 0 aliphatic carbocycles. The second kappa shape index (κ2) is 6.66. The summed E-state index contributed by atoms with van der Waals surface area (Å²) in [6.07, 6.45) is 1.65. The zero-order valence-electron chi connectivity index (χ0n) is 13.2. The van der Waals surface area contributed by atoms with Crippen LogP contribution < -0.4 is 15.8 Å². The molecule has 0 fully saturated rings. The first-order valence-corrected chi connectivity index (χ1v) is 7.63. The molecule has 1 unspecified atom stereocenters. The average Bonchev–Trinajstić information content (AvgIpc) is 2.98. The van der Waals surface area contributed by atoms with Crippen LogP contribution in [0.1, 0.15) is 31.5 Å². The molecular formula is C17H20N4O2. The molecule has 23 heavy (non-hydrogen) atoms. The lowest BCUT2D eigenvalue weighted by Gasteiger charge is -2.10. The third kappa shape index (κ3) is 3.43. The van der Waals surface area contributed by atoms with Crippen molar-refractivity contribution in [2.45, 2.75) is 26.4 Å². The molecule has 1 aromatic carbocycles. The van der Waals surface area contributed by atoms with E-state index in [0.717, 1.165) is 22.5 Å². The highest BCUT2D eigenvalue weighted by molar-refractivity contribution is 5.83. The lowest BCUT2D eigenvalue weighted by molar-refractivity contribution is 0.336.